The van der Waals surface area contributed by atoms with E-state index in [1.54, 1.807) is 0 Å². The molecule has 3 amide bonds. The van der Waals surface area contributed by atoms with Gasteiger partial charge in [0.15, 0.2) is 0 Å². The Bertz CT molecular complexity index is 861. The highest BCUT2D eigenvalue weighted by Gasteiger charge is 2.39. The smallest absolute Gasteiger partial charge is 0.374 e. The molecule has 338 valence electrons. The van der Waals surface area contributed by atoms with Crippen LogP contribution in [0.4, 0.5) is 0 Å². The Kier molecular flexibility index (Phi) is 41.5. The fourth-order valence-corrected chi connectivity index (χ4v) is 10.2. The van der Waals surface area contributed by atoms with Gasteiger partial charge in [0.2, 0.25) is 17.7 Å². The van der Waals surface area contributed by atoms with Crippen molar-refractivity contribution in [3.05, 3.63) is 0 Å². The van der Waals surface area contributed by atoms with Crippen molar-refractivity contribution in [1.82, 2.24) is 15.5 Å². The first-order valence-electron chi connectivity index (χ1n) is 24.6. The van der Waals surface area contributed by atoms with E-state index < -0.39 is 8.80 Å². The van der Waals surface area contributed by atoms with Gasteiger partial charge < -0.3 is 28.8 Å². The second kappa shape index (κ2) is 42.6. The Morgan fingerprint density at radius 2 is 0.737 bits per heavy atom. The Morgan fingerprint density at radius 3 is 1.07 bits per heavy atom. The molecule has 0 radical (unpaired) electrons. The van der Waals surface area contributed by atoms with E-state index in [1.165, 1.54) is 154 Å². The SMILES string of the molecule is CCCCCCCCCCCCCCCCN(CCCCCCCCCCCCCCCC)C(=O)CNC(=O)CCC(=O)NCCC[Si](OCC)(OCC)OCC. The number of carbonyl (C=O) groups excluding carboxylic acids is 3. The standard InChI is InChI=1S/C47H95N3O6Si/c1-6-11-13-15-17-19-21-23-25-27-29-31-33-35-41-50(42-36-34-32-30-28-26-24-22-20-18-16-14-12-7-2)47(53)44-49-46(52)39-38-45(51)48-40-37-43-57(54-8-3,55-9-4)56-10-5/h6-44H2,1-5H3,(H,48,51)(H,49,52). The van der Waals surface area contributed by atoms with Gasteiger partial charge in [-0.3, -0.25) is 14.4 Å². The zero-order chi connectivity index (χ0) is 41.9. The summed E-state index contributed by atoms with van der Waals surface area (Å²) in [5.74, 6) is -0.449. The molecule has 0 aliphatic heterocycles. The van der Waals surface area contributed by atoms with E-state index in [2.05, 4.69) is 24.5 Å². The summed E-state index contributed by atoms with van der Waals surface area (Å²) in [4.78, 5) is 40.4. The summed E-state index contributed by atoms with van der Waals surface area (Å²) in [6, 6.07) is 0.626. The van der Waals surface area contributed by atoms with Crippen LogP contribution in [0.1, 0.15) is 234 Å². The summed E-state index contributed by atoms with van der Waals surface area (Å²) in [6.45, 7) is 13.9. The van der Waals surface area contributed by atoms with Crippen molar-refractivity contribution in [1.29, 1.82) is 0 Å². The van der Waals surface area contributed by atoms with Crippen molar-refractivity contribution in [2.45, 2.75) is 240 Å². The minimum atomic E-state index is -2.74. The number of carbonyl (C=O) groups is 3. The van der Waals surface area contributed by atoms with E-state index in [0.717, 1.165) is 38.8 Å². The predicted molar refractivity (Wildman–Crippen MR) is 243 cm³/mol. The van der Waals surface area contributed by atoms with Crippen LogP contribution < -0.4 is 10.6 Å². The lowest BCUT2D eigenvalue weighted by Gasteiger charge is -2.28. The molecule has 0 unspecified atom stereocenters. The van der Waals surface area contributed by atoms with E-state index in [4.69, 9.17) is 13.3 Å². The molecule has 0 aromatic rings. The number of hydrogen-bond acceptors (Lipinski definition) is 6. The summed E-state index contributed by atoms with van der Waals surface area (Å²) >= 11 is 0. The van der Waals surface area contributed by atoms with Crippen molar-refractivity contribution in [3.8, 4) is 0 Å². The Morgan fingerprint density at radius 1 is 0.421 bits per heavy atom. The third-order valence-corrected chi connectivity index (χ3v) is 14.2. The van der Waals surface area contributed by atoms with Crippen molar-refractivity contribution in [2.75, 3.05) is 46.0 Å². The zero-order valence-electron chi connectivity index (χ0n) is 38.5. The largest absolute Gasteiger partial charge is 0.500 e. The van der Waals surface area contributed by atoms with Gasteiger partial charge in [-0.25, -0.2) is 0 Å². The maximum atomic E-state index is 13.3. The second-order valence-electron chi connectivity index (χ2n) is 16.3. The normalized spacial score (nSPS) is 11.6. The van der Waals surface area contributed by atoms with Crippen LogP contribution in [0.15, 0.2) is 0 Å². The summed E-state index contributed by atoms with van der Waals surface area (Å²) in [5, 5.41) is 5.70. The van der Waals surface area contributed by atoms with Crippen LogP contribution in [-0.4, -0.2) is 77.4 Å². The molecule has 0 saturated heterocycles. The third kappa shape index (κ3) is 36.1. The highest BCUT2D eigenvalue weighted by atomic mass is 28.4. The molecule has 0 bridgehead atoms. The van der Waals surface area contributed by atoms with E-state index >= 15 is 0 Å². The molecule has 0 atom stereocenters. The average molecular weight is 826 g/mol. The number of rotatable bonds is 45. The summed E-state index contributed by atoms with van der Waals surface area (Å²) < 4.78 is 17.7. The molecule has 57 heavy (non-hydrogen) atoms. The lowest BCUT2D eigenvalue weighted by molar-refractivity contribution is -0.133. The van der Waals surface area contributed by atoms with Crippen molar-refractivity contribution < 1.29 is 27.7 Å². The summed E-state index contributed by atoms with van der Waals surface area (Å²) in [5.41, 5.74) is 0. The minimum absolute atomic E-state index is 0.00332. The van der Waals surface area contributed by atoms with Gasteiger partial charge in [0.1, 0.15) is 0 Å². The van der Waals surface area contributed by atoms with E-state index in [1.807, 2.05) is 25.7 Å². The summed E-state index contributed by atoms with van der Waals surface area (Å²) in [6.07, 6.45) is 37.6. The maximum absolute atomic E-state index is 13.3. The molecule has 0 heterocycles. The molecular weight excluding hydrogens is 731 g/mol. The number of hydrogen-bond donors (Lipinski definition) is 2. The molecule has 0 aromatic carbocycles. The van der Waals surface area contributed by atoms with Crippen molar-refractivity contribution in [3.63, 3.8) is 0 Å². The Labute approximate surface area is 354 Å². The first kappa shape index (κ1) is 55.5. The van der Waals surface area contributed by atoms with Crippen LogP contribution >= 0.6 is 0 Å². The predicted octanol–water partition coefficient (Wildman–Crippen LogP) is 12.2. The quantitative estimate of drug-likeness (QED) is 0.0468. The Balaban J connectivity index is 4.50. The lowest BCUT2D eigenvalue weighted by atomic mass is 10.0. The summed E-state index contributed by atoms with van der Waals surface area (Å²) in [7, 11) is -2.74. The maximum Gasteiger partial charge on any atom is 0.500 e. The average Bonchev–Trinajstić information content (AvgIpc) is 3.20. The van der Waals surface area contributed by atoms with Crippen LogP contribution in [0.5, 0.6) is 0 Å². The van der Waals surface area contributed by atoms with Gasteiger partial charge in [0.05, 0.1) is 6.54 Å². The van der Waals surface area contributed by atoms with Gasteiger partial charge in [-0.2, -0.15) is 0 Å². The lowest BCUT2D eigenvalue weighted by Crippen LogP contribution is -2.46. The van der Waals surface area contributed by atoms with E-state index in [-0.39, 0.29) is 37.1 Å². The molecule has 0 rings (SSSR count). The Hall–Kier alpha value is -1.49. The molecule has 0 spiro atoms. The fraction of sp³-hybridized carbons (Fsp3) is 0.936. The van der Waals surface area contributed by atoms with E-state index in [0.29, 0.717) is 38.8 Å². The first-order valence-corrected chi connectivity index (χ1v) is 26.5. The van der Waals surface area contributed by atoms with Gasteiger partial charge in [0.25, 0.3) is 0 Å². The minimum Gasteiger partial charge on any atom is -0.374 e. The highest BCUT2D eigenvalue weighted by Crippen LogP contribution is 2.18. The van der Waals surface area contributed by atoms with Crippen LogP contribution in [0.25, 0.3) is 0 Å². The number of nitrogens with one attached hydrogen (secondary N) is 2. The van der Waals surface area contributed by atoms with E-state index in [9.17, 15) is 14.4 Å². The molecule has 10 heteroatoms. The highest BCUT2D eigenvalue weighted by molar-refractivity contribution is 6.60. The molecule has 9 nitrogen and oxygen atoms in total. The van der Waals surface area contributed by atoms with Crippen molar-refractivity contribution in [2.24, 2.45) is 0 Å². The van der Waals surface area contributed by atoms with Crippen molar-refractivity contribution >= 4 is 26.5 Å². The molecule has 0 aliphatic carbocycles. The topological polar surface area (TPSA) is 106 Å². The molecule has 0 aliphatic rings. The first-order chi connectivity index (χ1) is 27.9. The van der Waals surface area contributed by atoms with Gasteiger partial charge in [0, 0.05) is 58.3 Å². The number of nitrogens with zero attached hydrogens (tertiary/aromatic N) is 1. The molecular formula is C47H95N3O6Si. The van der Waals surface area contributed by atoms with Gasteiger partial charge in [-0.05, 0) is 40.0 Å². The van der Waals surface area contributed by atoms with Gasteiger partial charge in [-0.15, -0.1) is 0 Å². The van der Waals surface area contributed by atoms with Gasteiger partial charge in [-0.1, -0.05) is 181 Å². The number of amides is 3. The van der Waals surface area contributed by atoms with Crippen LogP contribution in [-0.2, 0) is 27.7 Å². The zero-order valence-corrected chi connectivity index (χ0v) is 39.5. The number of unbranched alkanes of at least 4 members (excludes halogenated alkanes) is 26. The monoisotopic (exact) mass is 826 g/mol. The molecule has 0 saturated carbocycles. The molecule has 2 N–H and O–H groups in total. The van der Waals surface area contributed by atoms with Gasteiger partial charge >= 0.3 is 8.80 Å². The second-order valence-corrected chi connectivity index (χ2v) is 19.0. The molecule has 0 fully saturated rings. The molecule has 0 aromatic heterocycles. The third-order valence-electron chi connectivity index (χ3n) is 11.0. The van der Waals surface area contributed by atoms with Crippen LogP contribution in [0.2, 0.25) is 6.04 Å². The van der Waals surface area contributed by atoms with Crippen LogP contribution in [0.3, 0.4) is 0 Å². The van der Waals surface area contributed by atoms with Crippen LogP contribution in [0, 0.1) is 0 Å². The fourth-order valence-electron chi connectivity index (χ4n) is 7.58.